The Kier molecular flexibility index (Phi) is 5.57. The van der Waals surface area contributed by atoms with Gasteiger partial charge in [-0.2, -0.15) is 5.26 Å². The van der Waals surface area contributed by atoms with Gasteiger partial charge in [-0.3, -0.25) is 4.79 Å². The Bertz CT molecular complexity index is 538. The number of nitrogens with one attached hydrogen (secondary N) is 2. The third-order valence-electron chi connectivity index (χ3n) is 2.12. The van der Waals surface area contributed by atoms with Crippen molar-refractivity contribution in [1.82, 2.24) is 10.3 Å². The van der Waals surface area contributed by atoms with Crippen LogP contribution in [0.2, 0.25) is 0 Å². The van der Waals surface area contributed by atoms with Crippen LogP contribution in [0.1, 0.15) is 5.56 Å². The third-order valence-corrected chi connectivity index (χ3v) is 2.12. The van der Waals surface area contributed by atoms with E-state index in [2.05, 4.69) is 28.8 Å². The lowest BCUT2D eigenvalue weighted by atomic mass is 10.3. The van der Waals surface area contributed by atoms with E-state index < -0.39 is 0 Å². The number of rotatable bonds is 6. The minimum atomic E-state index is -0.223. The van der Waals surface area contributed by atoms with Gasteiger partial charge in [-0.15, -0.1) is 0 Å². The Morgan fingerprint density at radius 3 is 2.79 bits per heavy atom. The fraction of sp³-hybridized carbons (Fsp3) is 0.0714. The lowest BCUT2D eigenvalue weighted by Gasteiger charge is -2.07. The number of nitrogens with zero attached hydrogens (tertiary/aromatic N) is 2. The smallest absolute Gasteiger partial charge is 0.243 e. The molecule has 1 aromatic rings. The van der Waals surface area contributed by atoms with Crippen molar-refractivity contribution in [2.24, 2.45) is 0 Å². The molecule has 1 heterocycles. The molecule has 1 aromatic heterocycles. The first kappa shape index (κ1) is 14.2. The number of nitriles is 1. The molecule has 0 aliphatic carbocycles. The molecule has 19 heavy (non-hydrogen) atoms. The molecule has 0 aliphatic rings. The highest BCUT2D eigenvalue weighted by Crippen LogP contribution is 2.03. The van der Waals surface area contributed by atoms with Crippen LogP contribution in [0.4, 0.5) is 5.82 Å². The summed E-state index contributed by atoms with van der Waals surface area (Å²) >= 11 is 0. The van der Waals surface area contributed by atoms with E-state index in [-0.39, 0.29) is 12.5 Å². The van der Waals surface area contributed by atoms with Crippen LogP contribution in [0.3, 0.4) is 0 Å². The predicted octanol–water partition coefficient (Wildman–Crippen LogP) is 1.74. The number of allylic oxidation sites excluding steroid dienone is 3. The lowest BCUT2D eigenvalue weighted by Crippen LogP contribution is -2.28. The zero-order chi connectivity index (χ0) is 14.1. The number of carbonyl (C=O) groups excluding carboxylic acids is 1. The lowest BCUT2D eigenvalue weighted by molar-refractivity contribution is -0.118. The summed E-state index contributed by atoms with van der Waals surface area (Å²) in [6, 6.07) is 5.23. The van der Waals surface area contributed by atoms with Crippen LogP contribution in [0.25, 0.3) is 0 Å². The predicted molar refractivity (Wildman–Crippen MR) is 74.1 cm³/mol. The van der Waals surface area contributed by atoms with Gasteiger partial charge in [0, 0.05) is 11.9 Å². The molecule has 0 aromatic carbocycles. The van der Waals surface area contributed by atoms with Crippen molar-refractivity contribution >= 4 is 11.7 Å². The van der Waals surface area contributed by atoms with Gasteiger partial charge >= 0.3 is 0 Å². The topological polar surface area (TPSA) is 77.8 Å². The molecule has 0 fully saturated rings. The average Bonchev–Trinajstić information content (AvgIpc) is 2.45. The summed E-state index contributed by atoms with van der Waals surface area (Å²) in [6.45, 7) is 7.18. The number of amides is 1. The zero-order valence-corrected chi connectivity index (χ0v) is 10.4. The van der Waals surface area contributed by atoms with E-state index >= 15 is 0 Å². The molecule has 1 rings (SSSR count). The molecule has 0 radical (unpaired) electrons. The van der Waals surface area contributed by atoms with Crippen LogP contribution >= 0.6 is 0 Å². The summed E-state index contributed by atoms with van der Waals surface area (Å²) in [5.74, 6) is 0.307. The molecule has 0 saturated heterocycles. The zero-order valence-electron chi connectivity index (χ0n) is 10.4. The van der Waals surface area contributed by atoms with Gasteiger partial charge in [0.1, 0.15) is 11.9 Å². The maximum Gasteiger partial charge on any atom is 0.243 e. The highest BCUT2D eigenvalue weighted by Gasteiger charge is 2.02. The fourth-order valence-electron chi connectivity index (χ4n) is 1.23. The van der Waals surface area contributed by atoms with Crippen molar-refractivity contribution in [2.75, 3.05) is 11.9 Å². The van der Waals surface area contributed by atoms with E-state index in [1.54, 1.807) is 24.3 Å². The quantitative estimate of drug-likeness (QED) is 0.758. The molecule has 1 amide bonds. The van der Waals surface area contributed by atoms with Gasteiger partial charge in [0.15, 0.2) is 0 Å². The van der Waals surface area contributed by atoms with Gasteiger partial charge in [0.2, 0.25) is 5.91 Å². The van der Waals surface area contributed by atoms with Gasteiger partial charge < -0.3 is 10.6 Å². The summed E-state index contributed by atoms with van der Waals surface area (Å²) in [5.41, 5.74) is 1.05. The summed E-state index contributed by atoms with van der Waals surface area (Å²) < 4.78 is 0. The Balaban J connectivity index is 2.50. The Morgan fingerprint density at radius 1 is 1.47 bits per heavy atom. The van der Waals surface area contributed by atoms with Crippen molar-refractivity contribution in [2.45, 2.75) is 0 Å². The standard InChI is InChI=1S/C14H14N4O/c1-3-5-12(4-2)18-14(19)10-17-13-7-6-11(8-15)9-16-13/h3-7,9H,1-2,10H2,(H,16,17)(H,18,19)/b12-5+. The number of hydrogen-bond donors (Lipinski definition) is 2. The second kappa shape index (κ2) is 7.45. The van der Waals surface area contributed by atoms with E-state index in [9.17, 15) is 4.79 Å². The molecule has 2 N–H and O–H groups in total. The molecule has 5 heteroatoms. The molecule has 0 spiro atoms. The average molecular weight is 254 g/mol. The van der Waals surface area contributed by atoms with Crippen molar-refractivity contribution < 1.29 is 4.79 Å². The number of anilines is 1. The van der Waals surface area contributed by atoms with E-state index in [1.165, 1.54) is 12.3 Å². The van der Waals surface area contributed by atoms with Crippen LogP contribution in [0.5, 0.6) is 0 Å². The van der Waals surface area contributed by atoms with Gasteiger partial charge in [-0.25, -0.2) is 4.98 Å². The van der Waals surface area contributed by atoms with Crippen molar-refractivity contribution in [3.63, 3.8) is 0 Å². The monoisotopic (exact) mass is 254 g/mol. The van der Waals surface area contributed by atoms with Gasteiger partial charge in [0.05, 0.1) is 12.1 Å². The summed E-state index contributed by atoms with van der Waals surface area (Å²) in [6.07, 6.45) is 6.17. The number of pyridine rings is 1. The largest absolute Gasteiger partial charge is 0.361 e. The van der Waals surface area contributed by atoms with E-state index in [0.29, 0.717) is 17.1 Å². The first-order valence-corrected chi connectivity index (χ1v) is 5.54. The number of hydrogen-bond acceptors (Lipinski definition) is 4. The SMILES string of the molecule is C=C/C=C(\C=C)NC(=O)CNc1ccc(C#N)cn1. The number of aromatic nitrogens is 1. The molecule has 0 saturated carbocycles. The number of carbonyl (C=O) groups is 1. The van der Waals surface area contributed by atoms with Crippen molar-refractivity contribution in [1.29, 1.82) is 5.26 Å². The molecular weight excluding hydrogens is 240 g/mol. The van der Waals surface area contributed by atoms with Crippen LogP contribution in [0.15, 0.2) is 55.4 Å². The molecular formula is C14H14N4O. The molecule has 0 aliphatic heterocycles. The first-order valence-electron chi connectivity index (χ1n) is 5.54. The Hall–Kier alpha value is -2.87. The Labute approximate surface area is 112 Å². The minimum Gasteiger partial charge on any atom is -0.361 e. The Morgan fingerprint density at radius 2 is 2.26 bits per heavy atom. The summed E-state index contributed by atoms with van der Waals surface area (Å²) in [5, 5.41) is 14.1. The second-order valence-corrected chi connectivity index (χ2v) is 3.51. The molecule has 96 valence electrons. The van der Waals surface area contributed by atoms with Gasteiger partial charge in [0.25, 0.3) is 0 Å². The molecule has 0 unspecified atom stereocenters. The fourth-order valence-corrected chi connectivity index (χ4v) is 1.23. The van der Waals surface area contributed by atoms with Crippen LogP contribution in [-0.4, -0.2) is 17.4 Å². The van der Waals surface area contributed by atoms with Crippen molar-refractivity contribution in [3.8, 4) is 6.07 Å². The van der Waals surface area contributed by atoms with Crippen LogP contribution < -0.4 is 10.6 Å². The summed E-state index contributed by atoms with van der Waals surface area (Å²) in [7, 11) is 0. The van der Waals surface area contributed by atoms with Gasteiger partial charge in [-0.05, 0) is 24.3 Å². The highest BCUT2D eigenvalue weighted by atomic mass is 16.1. The maximum atomic E-state index is 11.6. The van der Waals surface area contributed by atoms with E-state index in [0.717, 1.165) is 0 Å². The normalized spacial score (nSPS) is 10.2. The molecule has 0 bridgehead atoms. The molecule has 0 atom stereocenters. The van der Waals surface area contributed by atoms with E-state index in [1.807, 2.05) is 6.07 Å². The minimum absolute atomic E-state index is 0.0707. The maximum absolute atomic E-state index is 11.6. The van der Waals surface area contributed by atoms with Crippen molar-refractivity contribution in [3.05, 3.63) is 61.0 Å². The van der Waals surface area contributed by atoms with Crippen LogP contribution in [-0.2, 0) is 4.79 Å². The van der Waals surface area contributed by atoms with E-state index in [4.69, 9.17) is 5.26 Å². The van der Waals surface area contributed by atoms with Gasteiger partial charge in [-0.1, -0.05) is 19.2 Å². The summed E-state index contributed by atoms with van der Waals surface area (Å²) in [4.78, 5) is 15.6. The molecule has 5 nitrogen and oxygen atoms in total. The first-order chi connectivity index (χ1) is 9.19. The highest BCUT2D eigenvalue weighted by molar-refractivity contribution is 5.82. The third kappa shape index (κ3) is 4.88. The van der Waals surface area contributed by atoms with Crippen LogP contribution in [0, 0.1) is 11.3 Å². The second-order valence-electron chi connectivity index (χ2n) is 3.51.